The molecular formula is C52H86N2Ni. The topological polar surface area (TPSA) is 25.3 Å². The van der Waals surface area contributed by atoms with E-state index in [4.69, 9.17) is 0 Å². The fourth-order valence-corrected chi connectivity index (χ4v) is 7.12. The Morgan fingerprint density at radius 2 is 0.818 bits per heavy atom. The van der Waals surface area contributed by atoms with Crippen molar-refractivity contribution in [2.75, 3.05) is 0 Å². The molecule has 55 heavy (non-hydrogen) atoms. The van der Waals surface area contributed by atoms with Crippen molar-refractivity contribution in [2.45, 2.75) is 221 Å². The second kappa shape index (κ2) is 37.6. The molecule has 0 saturated heterocycles. The van der Waals surface area contributed by atoms with Gasteiger partial charge in [0, 0.05) is 22.8 Å². The summed E-state index contributed by atoms with van der Waals surface area (Å²) in [4.78, 5) is 0. The molecule has 0 radical (unpaired) electrons. The van der Waals surface area contributed by atoms with E-state index in [0.717, 1.165) is 67.5 Å². The van der Waals surface area contributed by atoms with Gasteiger partial charge in [0.25, 0.3) is 0 Å². The summed E-state index contributed by atoms with van der Waals surface area (Å²) in [5, 5.41) is 0. The third-order valence-electron chi connectivity index (χ3n) is 10.6. The summed E-state index contributed by atoms with van der Waals surface area (Å²) in [5.74, 6) is 0. The van der Waals surface area contributed by atoms with Crippen molar-refractivity contribution in [2.24, 2.45) is 0 Å². The van der Waals surface area contributed by atoms with Crippen LogP contribution in [0.5, 0.6) is 0 Å². The van der Waals surface area contributed by atoms with E-state index in [0.29, 0.717) is 0 Å². The van der Waals surface area contributed by atoms with E-state index in [2.05, 4.69) is 103 Å². The molecule has 1 heterocycles. The minimum absolute atomic E-state index is 0. The number of allylic oxidation sites excluding steroid dienone is 2. The van der Waals surface area contributed by atoms with Crippen molar-refractivity contribution >= 4 is 11.4 Å². The predicted molar refractivity (Wildman–Crippen MR) is 243 cm³/mol. The second-order valence-corrected chi connectivity index (χ2v) is 15.8. The van der Waals surface area contributed by atoms with Gasteiger partial charge in [-0.1, -0.05) is 194 Å². The zero-order chi connectivity index (χ0) is 39.5. The minimum Gasteiger partial charge on any atom is -0.493 e. The molecule has 0 unspecified atom stereocenters. The van der Waals surface area contributed by atoms with Crippen LogP contribution >= 0.6 is 0 Å². The first-order valence-corrected chi connectivity index (χ1v) is 23.2. The van der Waals surface area contributed by atoms with Gasteiger partial charge in [-0.15, -0.1) is 0 Å². The average molecular weight is 798 g/mol. The Balaban J connectivity index is 0.000000967. The number of unbranched alkanes of at least 4 members (excludes halogenated alkanes) is 21. The van der Waals surface area contributed by atoms with E-state index in [1.165, 1.54) is 163 Å². The number of hydrogen-bond donors (Lipinski definition) is 0. The molecule has 2 aromatic rings. The van der Waals surface area contributed by atoms with E-state index in [1.54, 1.807) is 0 Å². The van der Waals surface area contributed by atoms with E-state index >= 15 is 0 Å². The third kappa shape index (κ3) is 25.1. The van der Waals surface area contributed by atoms with E-state index < -0.39 is 0 Å². The molecule has 0 atom stereocenters. The summed E-state index contributed by atoms with van der Waals surface area (Å²) < 4.78 is 1.43. The van der Waals surface area contributed by atoms with Gasteiger partial charge in [0.2, 0.25) is 11.4 Å². The van der Waals surface area contributed by atoms with Gasteiger partial charge in [-0.05, 0) is 73.9 Å². The molecule has 0 saturated carbocycles. The van der Waals surface area contributed by atoms with Crippen molar-refractivity contribution in [1.82, 2.24) is 0 Å². The van der Waals surface area contributed by atoms with Gasteiger partial charge in [0.1, 0.15) is 0 Å². The molecule has 2 aromatic carbocycles. The van der Waals surface area contributed by atoms with Crippen molar-refractivity contribution in [3.05, 3.63) is 102 Å². The van der Waals surface area contributed by atoms with E-state index in [-0.39, 0.29) is 16.5 Å². The van der Waals surface area contributed by atoms with Crippen LogP contribution in [-0.2, 0) is 29.3 Å². The SMILES string of the molecule is CCCCC1=C(c2cccc(CCCC)c2)[N+](=[N-])C(c2cccc(CCCC)c2)=C1.[CH2-]CCCCCCCCCCC.[CH2-]CCCCCCCCCCC.[Ni+2]. The zero-order valence-corrected chi connectivity index (χ0v) is 37.8. The Morgan fingerprint density at radius 3 is 1.24 bits per heavy atom. The maximum absolute atomic E-state index is 11.3. The number of hydrogen-bond acceptors (Lipinski definition) is 0. The van der Waals surface area contributed by atoms with Gasteiger partial charge in [0.05, 0.1) is 0 Å². The third-order valence-corrected chi connectivity index (χ3v) is 10.6. The monoisotopic (exact) mass is 797 g/mol. The Kier molecular flexibility index (Phi) is 36.2. The molecule has 1 aliphatic rings. The molecule has 0 N–H and O–H groups in total. The van der Waals surface area contributed by atoms with Crippen LogP contribution in [0.1, 0.15) is 230 Å². The summed E-state index contributed by atoms with van der Waals surface area (Å²) in [7, 11) is 0. The van der Waals surface area contributed by atoms with Gasteiger partial charge >= 0.3 is 16.5 Å². The largest absolute Gasteiger partial charge is 2.00 e. The van der Waals surface area contributed by atoms with Crippen molar-refractivity contribution < 1.29 is 21.2 Å². The maximum Gasteiger partial charge on any atom is 2.00 e. The molecule has 0 amide bonds. The maximum atomic E-state index is 11.3. The standard InChI is InChI=1S/C28H36N2.2C12H25.Ni/c1-4-7-12-22-14-10-17-24(19-22)27-21-26(16-9-6-3)28(30(27)29)25-18-11-15-23(20-25)13-8-5-2;2*1-3-5-7-9-11-12-10-8-6-4-2;/h10-11,14-15,17-21H,4-9,12-13,16H2,1-3H3;2*1,3-12H2,2H3;/q;2*-1;+2. The summed E-state index contributed by atoms with van der Waals surface area (Å²) >= 11 is 0. The van der Waals surface area contributed by atoms with Crippen LogP contribution in [-0.4, -0.2) is 4.70 Å². The number of aryl methyl sites for hydroxylation is 2. The first-order chi connectivity index (χ1) is 26.5. The fourth-order valence-electron chi connectivity index (χ4n) is 7.12. The van der Waals surface area contributed by atoms with Crippen molar-refractivity contribution in [3.63, 3.8) is 0 Å². The molecule has 0 aromatic heterocycles. The fraction of sp³-hybridized carbons (Fsp3) is 0.654. The van der Waals surface area contributed by atoms with Crippen molar-refractivity contribution in [1.29, 1.82) is 0 Å². The van der Waals surface area contributed by atoms with Gasteiger partial charge in [0.15, 0.2) is 0 Å². The molecule has 0 bridgehead atoms. The Morgan fingerprint density at radius 1 is 0.455 bits per heavy atom. The van der Waals surface area contributed by atoms with Gasteiger partial charge in [-0.2, -0.15) is 12.8 Å². The zero-order valence-electron chi connectivity index (χ0n) is 36.8. The number of benzene rings is 2. The minimum atomic E-state index is 0. The smallest absolute Gasteiger partial charge is 0.493 e. The van der Waals surface area contributed by atoms with Crippen LogP contribution in [0.15, 0.2) is 60.2 Å². The quantitative estimate of drug-likeness (QED) is 0.0339. The Hall–Kier alpha value is -1.99. The normalized spacial score (nSPS) is 12.1. The molecule has 0 fully saturated rings. The van der Waals surface area contributed by atoms with Crippen molar-refractivity contribution in [3.8, 4) is 0 Å². The number of rotatable bonds is 29. The van der Waals surface area contributed by atoms with Gasteiger partial charge in [-0.3, -0.25) is 0 Å². The van der Waals surface area contributed by atoms with Crippen LogP contribution < -0.4 is 0 Å². The molecule has 1 aliphatic heterocycles. The van der Waals surface area contributed by atoms with E-state index in [1.807, 2.05) is 0 Å². The summed E-state index contributed by atoms with van der Waals surface area (Å²) in [5.41, 5.74) is 19.3. The molecular weight excluding hydrogens is 711 g/mol. The summed E-state index contributed by atoms with van der Waals surface area (Å²) in [6.45, 7) is 18.9. The van der Waals surface area contributed by atoms with Crippen LogP contribution in [0.25, 0.3) is 16.9 Å². The molecule has 0 aliphatic carbocycles. The van der Waals surface area contributed by atoms with Crippen LogP contribution in [0, 0.1) is 13.8 Å². The Labute approximate surface area is 353 Å². The van der Waals surface area contributed by atoms with Gasteiger partial charge in [-0.25, -0.2) is 4.70 Å². The average Bonchev–Trinajstić information content (AvgIpc) is 3.53. The molecule has 3 rings (SSSR count). The first-order valence-electron chi connectivity index (χ1n) is 23.2. The molecule has 3 heteroatoms. The Bertz CT molecular complexity index is 1220. The first kappa shape index (κ1) is 53.0. The number of nitrogens with zero attached hydrogens (tertiary/aromatic N) is 2. The molecule has 314 valence electrons. The van der Waals surface area contributed by atoms with Crippen LogP contribution in [0.3, 0.4) is 0 Å². The molecule has 2 nitrogen and oxygen atoms in total. The van der Waals surface area contributed by atoms with Crippen LogP contribution in [0.2, 0.25) is 0 Å². The predicted octanol–water partition coefficient (Wildman–Crippen LogP) is 17.8. The summed E-state index contributed by atoms with van der Waals surface area (Å²) in [6.07, 6.45) is 40.2. The van der Waals surface area contributed by atoms with Gasteiger partial charge < -0.3 is 19.4 Å². The van der Waals surface area contributed by atoms with E-state index in [9.17, 15) is 5.53 Å². The van der Waals surface area contributed by atoms with Crippen LogP contribution in [0.4, 0.5) is 0 Å². The second-order valence-electron chi connectivity index (χ2n) is 15.8. The summed E-state index contributed by atoms with van der Waals surface area (Å²) in [6, 6.07) is 17.4. The molecule has 0 spiro atoms.